The predicted octanol–water partition coefficient (Wildman–Crippen LogP) is 0.0160. The zero-order valence-corrected chi connectivity index (χ0v) is 12.6. The summed E-state index contributed by atoms with van der Waals surface area (Å²) in [5, 5.41) is 10.4. The second kappa shape index (κ2) is 5.37. The number of carbonyl (C=O) groups is 1. The summed E-state index contributed by atoms with van der Waals surface area (Å²) < 4.78 is 2.65. The van der Waals surface area contributed by atoms with Crippen LogP contribution in [0.2, 0.25) is 0 Å². The number of fused-ring (bicyclic) bond motifs is 1. The van der Waals surface area contributed by atoms with E-state index >= 15 is 0 Å². The van der Waals surface area contributed by atoms with Gasteiger partial charge in [-0.15, -0.1) is 5.10 Å². The van der Waals surface area contributed by atoms with Crippen LogP contribution in [0.3, 0.4) is 0 Å². The topological polar surface area (TPSA) is 74.6 Å². The number of likely N-dealkylation sites (N-methyl/N-ethyl adjacent to an activating group) is 1. The fourth-order valence-corrected chi connectivity index (χ4v) is 2.64. The van der Waals surface area contributed by atoms with E-state index in [-0.39, 0.29) is 11.9 Å². The van der Waals surface area contributed by atoms with Gasteiger partial charge in [-0.25, -0.2) is 4.52 Å². The van der Waals surface area contributed by atoms with Crippen molar-refractivity contribution in [1.29, 1.82) is 0 Å². The van der Waals surface area contributed by atoms with Crippen molar-refractivity contribution in [2.24, 2.45) is 0 Å². The van der Waals surface area contributed by atoms with Gasteiger partial charge in [-0.05, 0) is 28.1 Å². The van der Waals surface area contributed by atoms with Crippen LogP contribution >= 0.6 is 15.9 Å². The Labute approximate surface area is 124 Å². The van der Waals surface area contributed by atoms with Crippen LogP contribution in [0.25, 0.3) is 5.65 Å². The van der Waals surface area contributed by atoms with Crippen LogP contribution in [-0.2, 0) is 4.79 Å². The van der Waals surface area contributed by atoms with Crippen molar-refractivity contribution in [3.8, 4) is 0 Å². The molecule has 1 amide bonds. The highest BCUT2D eigenvalue weighted by atomic mass is 79.9. The van der Waals surface area contributed by atoms with Crippen LogP contribution in [0.15, 0.2) is 22.8 Å². The number of carbonyl (C=O) groups excluding carboxylic acids is 1. The number of piperazine rings is 1. The van der Waals surface area contributed by atoms with Gasteiger partial charge in [0.25, 0.3) is 0 Å². The molecule has 0 bridgehead atoms. The van der Waals surface area contributed by atoms with Gasteiger partial charge in [0.15, 0.2) is 5.65 Å². The molecule has 1 saturated heterocycles. The summed E-state index contributed by atoms with van der Waals surface area (Å²) in [7, 11) is 1.64. The van der Waals surface area contributed by atoms with Crippen LogP contribution in [-0.4, -0.2) is 53.2 Å². The quantitative estimate of drug-likeness (QED) is 0.807. The summed E-state index contributed by atoms with van der Waals surface area (Å²) in [6.07, 6.45) is 1.85. The molecule has 2 aromatic rings. The second-order valence-corrected chi connectivity index (χ2v) is 5.51. The van der Waals surface area contributed by atoms with Crippen LogP contribution < -0.4 is 15.5 Å². The van der Waals surface area contributed by atoms with Crippen molar-refractivity contribution in [3.05, 3.63) is 22.8 Å². The molecule has 7 nitrogen and oxygen atoms in total. The van der Waals surface area contributed by atoms with E-state index in [1.807, 2.05) is 23.2 Å². The number of hydrogen-bond donors (Lipinski definition) is 2. The van der Waals surface area contributed by atoms with Crippen molar-refractivity contribution in [1.82, 2.24) is 25.2 Å². The molecule has 1 aliphatic rings. The Balaban J connectivity index is 1.97. The number of anilines is 1. The van der Waals surface area contributed by atoms with Gasteiger partial charge in [-0.2, -0.15) is 4.98 Å². The first kappa shape index (κ1) is 13.3. The zero-order valence-electron chi connectivity index (χ0n) is 11.0. The molecular weight excluding hydrogens is 324 g/mol. The third kappa shape index (κ3) is 2.36. The first-order valence-corrected chi connectivity index (χ1v) is 7.19. The lowest BCUT2D eigenvalue weighted by molar-refractivity contribution is -0.122. The lowest BCUT2D eigenvalue weighted by atomic mass is 10.2. The van der Waals surface area contributed by atoms with Gasteiger partial charge in [-0.3, -0.25) is 4.79 Å². The van der Waals surface area contributed by atoms with E-state index in [2.05, 4.69) is 36.6 Å². The fourth-order valence-electron chi connectivity index (χ4n) is 2.31. The highest BCUT2D eigenvalue weighted by Crippen LogP contribution is 2.17. The number of rotatable bonds is 2. The molecule has 2 aromatic heterocycles. The number of aromatic nitrogens is 3. The summed E-state index contributed by atoms with van der Waals surface area (Å²) in [6.45, 7) is 2.11. The third-order valence-corrected chi connectivity index (χ3v) is 3.80. The first-order valence-electron chi connectivity index (χ1n) is 6.40. The summed E-state index contributed by atoms with van der Waals surface area (Å²) in [5.74, 6) is 0.551. The summed E-state index contributed by atoms with van der Waals surface area (Å²) >= 11 is 3.41. The van der Waals surface area contributed by atoms with Gasteiger partial charge in [0.1, 0.15) is 6.04 Å². The Morgan fingerprint density at radius 1 is 1.55 bits per heavy atom. The molecule has 3 rings (SSSR count). The minimum absolute atomic E-state index is 0.0303. The molecular formula is C12H15BrN6O. The molecule has 1 unspecified atom stereocenters. The van der Waals surface area contributed by atoms with E-state index in [4.69, 9.17) is 0 Å². The van der Waals surface area contributed by atoms with E-state index in [0.717, 1.165) is 16.7 Å². The molecule has 0 radical (unpaired) electrons. The van der Waals surface area contributed by atoms with Gasteiger partial charge < -0.3 is 15.5 Å². The highest BCUT2D eigenvalue weighted by molar-refractivity contribution is 9.10. The van der Waals surface area contributed by atoms with Gasteiger partial charge in [0.2, 0.25) is 11.9 Å². The Kier molecular flexibility index (Phi) is 3.58. The van der Waals surface area contributed by atoms with Crippen LogP contribution in [0.1, 0.15) is 0 Å². The minimum Gasteiger partial charge on any atom is -0.357 e. The number of halogens is 1. The molecule has 0 spiro atoms. The molecule has 1 aliphatic heterocycles. The van der Waals surface area contributed by atoms with Crippen LogP contribution in [0.4, 0.5) is 5.95 Å². The molecule has 3 heterocycles. The van der Waals surface area contributed by atoms with E-state index in [9.17, 15) is 4.79 Å². The Morgan fingerprint density at radius 3 is 3.20 bits per heavy atom. The largest absolute Gasteiger partial charge is 0.357 e. The highest BCUT2D eigenvalue weighted by Gasteiger charge is 2.30. The van der Waals surface area contributed by atoms with Crippen LogP contribution in [0.5, 0.6) is 0 Å². The molecule has 8 heteroatoms. The summed E-state index contributed by atoms with van der Waals surface area (Å²) in [4.78, 5) is 18.4. The maximum Gasteiger partial charge on any atom is 0.246 e. The lowest BCUT2D eigenvalue weighted by Crippen LogP contribution is -2.58. The van der Waals surface area contributed by atoms with Gasteiger partial charge in [-0.1, -0.05) is 0 Å². The van der Waals surface area contributed by atoms with Gasteiger partial charge >= 0.3 is 0 Å². The molecule has 1 atom stereocenters. The molecule has 20 heavy (non-hydrogen) atoms. The van der Waals surface area contributed by atoms with Crippen molar-refractivity contribution in [2.45, 2.75) is 6.04 Å². The SMILES string of the molecule is CNC(=O)C1CNCCN1c1nc2ccc(Br)cn2n1. The third-order valence-electron chi connectivity index (χ3n) is 3.33. The molecule has 106 valence electrons. The van der Waals surface area contributed by atoms with E-state index in [1.54, 1.807) is 11.6 Å². The molecule has 0 aliphatic carbocycles. The Hall–Kier alpha value is -1.67. The fraction of sp³-hybridized carbons (Fsp3) is 0.417. The predicted molar refractivity (Wildman–Crippen MR) is 78.8 cm³/mol. The molecule has 0 aromatic carbocycles. The number of nitrogens with zero attached hydrogens (tertiary/aromatic N) is 4. The number of hydrogen-bond acceptors (Lipinski definition) is 5. The lowest BCUT2D eigenvalue weighted by Gasteiger charge is -2.33. The van der Waals surface area contributed by atoms with Gasteiger partial charge in [0, 0.05) is 37.4 Å². The molecule has 2 N–H and O–H groups in total. The molecule has 0 saturated carbocycles. The van der Waals surface area contributed by atoms with Gasteiger partial charge in [0.05, 0.1) is 0 Å². The first-order chi connectivity index (χ1) is 9.69. The van der Waals surface area contributed by atoms with Crippen molar-refractivity contribution in [3.63, 3.8) is 0 Å². The average Bonchev–Trinajstić information content (AvgIpc) is 2.89. The van der Waals surface area contributed by atoms with Crippen molar-refractivity contribution in [2.75, 3.05) is 31.6 Å². The Morgan fingerprint density at radius 2 is 2.40 bits per heavy atom. The van der Waals surface area contributed by atoms with E-state index in [0.29, 0.717) is 19.0 Å². The number of nitrogens with one attached hydrogen (secondary N) is 2. The Bertz CT molecular complexity index is 642. The molecule has 1 fully saturated rings. The van der Waals surface area contributed by atoms with Crippen LogP contribution in [0, 0.1) is 0 Å². The normalized spacial score (nSPS) is 19.3. The zero-order chi connectivity index (χ0) is 14.1. The maximum absolute atomic E-state index is 12.0. The van der Waals surface area contributed by atoms with Crippen molar-refractivity contribution >= 4 is 33.4 Å². The average molecular weight is 339 g/mol. The minimum atomic E-state index is -0.283. The summed E-state index contributed by atoms with van der Waals surface area (Å²) in [6, 6.07) is 3.52. The maximum atomic E-state index is 12.0. The van der Waals surface area contributed by atoms with E-state index in [1.165, 1.54) is 0 Å². The standard InChI is InChI=1S/C12H15BrN6O/c1-14-11(20)9-6-15-4-5-18(9)12-16-10-3-2-8(13)7-19(10)17-12/h2-3,7,9,15H,4-6H2,1H3,(H,14,20). The number of pyridine rings is 1. The number of amides is 1. The smallest absolute Gasteiger partial charge is 0.246 e. The summed E-state index contributed by atoms with van der Waals surface area (Å²) in [5.41, 5.74) is 0.761. The van der Waals surface area contributed by atoms with Crippen molar-refractivity contribution < 1.29 is 4.79 Å². The van der Waals surface area contributed by atoms with E-state index < -0.39 is 0 Å². The monoisotopic (exact) mass is 338 g/mol. The second-order valence-electron chi connectivity index (χ2n) is 4.59.